The first-order chi connectivity index (χ1) is 18.5. The first-order valence-electron chi connectivity index (χ1n) is 13.4. The molecule has 5 rings (SSSR count). The molecule has 5 amide bonds. The first-order valence-corrected chi connectivity index (χ1v) is 13.4. The number of benzene rings is 1. The van der Waals surface area contributed by atoms with Crippen LogP contribution < -0.4 is 10.6 Å². The van der Waals surface area contributed by atoms with E-state index in [2.05, 4.69) is 15.6 Å². The van der Waals surface area contributed by atoms with Gasteiger partial charge in [-0.3, -0.25) is 19.8 Å². The second-order valence-corrected chi connectivity index (χ2v) is 11.7. The number of pyridine rings is 1. The van der Waals surface area contributed by atoms with Gasteiger partial charge in [-0.2, -0.15) is 0 Å². The Bertz CT molecular complexity index is 1300. The highest BCUT2D eigenvalue weighted by Crippen LogP contribution is 2.41. The lowest BCUT2D eigenvalue weighted by atomic mass is 9.92. The molecule has 2 fully saturated rings. The summed E-state index contributed by atoms with van der Waals surface area (Å²) in [5.74, 6) is 0.0509. The molecule has 0 radical (unpaired) electrons. The van der Waals surface area contributed by atoms with E-state index >= 15 is 0 Å². The molecule has 206 valence electrons. The van der Waals surface area contributed by atoms with Crippen LogP contribution in [0.1, 0.15) is 63.6 Å². The molecule has 2 atom stereocenters. The Labute approximate surface area is 228 Å². The molecular weight excluding hydrogens is 498 g/mol. The summed E-state index contributed by atoms with van der Waals surface area (Å²) < 4.78 is 5.26. The maximum Gasteiger partial charge on any atom is 0.413 e. The lowest BCUT2D eigenvalue weighted by Gasteiger charge is -2.31. The van der Waals surface area contributed by atoms with Crippen LogP contribution >= 0.6 is 0 Å². The molecule has 10 heteroatoms. The summed E-state index contributed by atoms with van der Waals surface area (Å²) in [6.45, 7) is 7.29. The Kier molecular flexibility index (Phi) is 6.82. The predicted molar refractivity (Wildman–Crippen MR) is 144 cm³/mol. The Morgan fingerprint density at radius 1 is 1.21 bits per heavy atom. The van der Waals surface area contributed by atoms with Crippen LogP contribution in [0.25, 0.3) is 0 Å². The zero-order valence-corrected chi connectivity index (χ0v) is 22.8. The molecule has 1 aromatic heterocycles. The minimum absolute atomic E-state index is 0.0565. The Morgan fingerprint density at radius 2 is 1.95 bits per heavy atom. The summed E-state index contributed by atoms with van der Waals surface area (Å²) in [6, 6.07) is 10.5. The normalized spacial score (nSPS) is 21.0. The lowest BCUT2D eigenvalue weighted by molar-refractivity contribution is -0.141. The highest BCUT2D eigenvalue weighted by Gasteiger charge is 2.55. The standard InChI is InChI=1S/C29H35N5O5/c1-18(20-10-11-20)33(16-19-9-12-23(30-15-19)31-27(38)39-28(2,3)4)24(35)17-34-25(36)29(32-26(34)37)14-13-21-7-5-6-8-22(21)29/h5-9,12,15,18,20H,10-11,13-14,16-17H2,1-4H3,(H,32,37)(H,30,31,38)/t18-,29?/m0/s1. The number of nitrogens with zero attached hydrogens (tertiary/aromatic N) is 3. The topological polar surface area (TPSA) is 121 Å². The van der Waals surface area contributed by atoms with E-state index in [1.165, 1.54) is 0 Å². The van der Waals surface area contributed by atoms with Crippen LogP contribution in [0.2, 0.25) is 0 Å². The number of hydrogen-bond acceptors (Lipinski definition) is 6. The zero-order valence-electron chi connectivity index (χ0n) is 22.8. The van der Waals surface area contributed by atoms with Gasteiger partial charge < -0.3 is 15.0 Å². The van der Waals surface area contributed by atoms with Gasteiger partial charge in [-0.25, -0.2) is 14.6 Å². The Balaban J connectivity index is 1.28. The molecule has 2 N–H and O–H groups in total. The predicted octanol–water partition coefficient (Wildman–Crippen LogP) is 3.95. The zero-order chi connectivity index (χ0) is 27.9. The third kappa shape index (κ3) is 5.46. The van der Waals surface area contributed by atoms with E-state index < -0.39 is 23.3 Å². The molecule has 0 bridgehead atoms. The van der Waals surface area contributed by atoms with Gasteiger partial charge in [0.1, 0.15) is 23.5 Å². The molecule has 2 aromatic rings. The number of nitrogens with one attached hydrogen (secondary N) is 2. The van der Waals surface area contributed by atoms with Crippen LogP contribution in [-0.2, 0) is 32.8 Å². The second-order valence-electron chi connectivity index (χ2n) is 11.7. The van der Waals surface area contributed by atoms with Crippen molar-refractivity contribution in [3.63, 3.8) is 0 Å². The van der Waals surface area contributed by atoms with Crippen LogP contribution in [-0.4, -0.2) is 56.9 Å². The molecule has 1 saturated carbocycles. The number of rotatable bonds is 7. The monoisotopic (exact) mass is 533 g/mol. The van der Waals surface area contributed by atoms with E-state index in [1.807, 2.05) is 31.2 Å². The third-order valence-electron chi connectivity index (χ3n) is 7.64. The van der Waals surface area contributed by atoms with Gasteiger partial charge in [0.25, 0.3) is 5.91 Å². The van der Waals surface area contributed by atoms with E-state index in [1.54, 1.807) is 44.0 Å². The highest BCUT2D eigenvalue weighted by atomic mass is 16.6. The number of aryl methyl sites for hydroxylation is 1. The van der Waals surface area contributed by atoms with Crippen molar-refractivity contribution in [2.45, 2.75) is 77.1 Å². The van der Waals surface area contributed by atoms with Crippen molar-refractivity contribution in [2.75, 3.05) is 11.9 Å². The Hall–Kier alpha value is -3.95. The van der Waals surface area contributed by atoms with Gasteiger partial charge >= 0.3 is 12.1 Å². The first kappa shape index (κ1) is 26.6. The number of ether oxygens (including phenoxy) is 1. The maximum atomic E-state index is 13.6. The SMILES string of the molecule is C[C@@H](C1CC1)N(Cc1ccc(NC(=O)OC(C)(C)C)nc1)C(=O)CN1C(=O)NC2(CCc3ccccc32)C1=O. The summed E-state index contributed by atoms with van der Waals surface area (Å²) in [5.41, 5.74) is 0.900. The van der Waals surface area contributed by atoms with Crippen LogP contribution in [0.4, 0.5) is 15.4 Å². The van der Waals surface area contributed by atoms with Gasteiger partial charge in [0.15, 0.2) is 0 Å². The fourth-order valence-electron chi connectivity index (χ4n) is 5.45. The van der Waals surface area contributed by atoms with Crippen LogP contribution in [0.5, 0.6) is 0 Å². The van der Waals surface area contributed by atoms with Crippen molar-refractivity contribution < 1.29 is 23.9 Å². The maximum absolute atomic E-state index is 13.6. The largest absolute Gasteiger partial charge is 0.444 e. The van der Waals surface area contributed by atoms with Gasteiger partial charge in [0.2, 0.25) is 5.91 Å². The fourth-order valence-corrected chi connectivity index (χ4v) is 5.45. The summed E-state index contributed by atoms with van der Waals surface area (Å²) in [6.07, 6.45) is 4.25. The second kappa shape index (κ2) is 9.98. The van der Waals surface area contributed by atoms with Crippen molar-refractivity contribution in [3.05, 3.63) is 59.3 Å². The Morgan fingerprint density at radius 3 is 2.62 bits per heavy atom. The lowest BCUT2D eigenvalue weighted by Crippen LogP contribution is -2.47. The summed E-state index contributed by atoms with van der Waals surface area (Å²) in [7, 11) is 0. The summed E-state index contributed by atoms with van der Waals surface area (Å²) >= 11 is 0. The number of urea groups is 1. The van der Waals surface area contributed by atoms with E-state index in [4.69, 9.17) is 4.74 Å². The van der Waals surface area contributed by atoms with Crippen LogP contribution in [0.3, 0.4) is 0 Å². The molecule has 2 aliphatic carbocycles. The average molecular weight is 534 g/mol. The van der Waals surface area contributed by atoms with Crippen molar-refractivity contribution >= 4 is 29.8 Å². The number of imide groups is 1. The molecular formula is C29H35N5O5. The number of carbonyl (C=O) groups is 4. The number of aromatic nitrogens is 1. The van der Waals surface area contributed by atoms with Gasteiger partial charge in [-0.15, -0.1) is 0 Å². The highest BCUT2D eigenvalue weighted by molar-refractivity contribution is 6.10. The van der Waals surface area contributed by atoms with E-state index in [0.717, 1.165) is 34.4 Å². The molecule has 39 heavy (non-hydrogen) atoms. The number of fused-ring (bicyclic) bond motifs is 2. The van der Waals surface area contributed by atoms with E-state index in [0.29, 0.717) is 24.6 Å². The van der Waals surface area contributed by atoms with Gasteiger partial charge in [0, 0.05) is 18.8 Å². The van der Waals surface area contributed by atoms with Crippen molar-refractivity contribution in [1.29, 1.82) is 0 Å². The van der Waals surface area contributed by atoms with Crippen LogP contribution in [0.15, 0.2) is 42.6 Å². The number of anilines is 1. The average Bonchev–Trinajstić information content (AvgIpc) is 3.62. The molecule has 1 spiro atoms. The van der Waals surface area contributed by atoms with Crippen molar-refractivity contribution in [2.24, 2.45) is 5.92 Å². The van der Waals surface area contributed by atoms with Gasteiger partial charge in [0.05, 0.1) is 0 Å². The van der Waals surface area contributed by atoms with Crippen molar-refractivity contribution in [1.82, 2.24) is 20.1 Å². The molecule has 3 aliphatic rings. The van der Waals surface area contributed by atoms with E-state index in [-0.39, 0.29) is 30.9 Å². The molecule has 1 unspecified atom stereocenters. The van der Waals surface area contributed by atoms with Crippen LogP contribution in [0, 0.1) is 5.92 Å². The van der Waals surface area contributed by atoms with Gasteiger partial charge in [-0.1, -0.05) is 30.3 Å². The minimum atomic E-state index is -1.10. The van der Waals surface area contributed by atoms with E-state index in [9.17, 15) is 19.2 Å². The quantitative estimate of drug-likeness (QED) is 0.520. The molecule has 1 aromatic carbocycles. The van der Waals surface area contributed by atoms with Crippen molar-refractivity contribution in [3.8, 4) is 0 Å². The van der Waals surface area contributed by atoms with Gasteiger partial charge in [-0.05, 0) is 82.1 Å². The molecule has 1 saturated heterocycles. The molecule has 2 heterocycles. The third-order valence-corrected chi connectivity index (χ3v) is 7.64. The number of hydrogen-bond donors (Lipinski definition) is 2. The molecule has 1 aliphatic heterocycles. The fraction of sp³-hybridized carbons (Fsp3) is 0.483. The summed E-state index contributed by atoms with van der Waals surface area (Å²) in [5, 5.41) is 5.49. The molecule has 10 nitrogen and oxygen atoms in total. The number of carbonyl (C=O) groups excluding carboxylic acids is 4. The smallest absolute Gasteiger partial charge is 0.413 e. The minimum Gasteiger partial charge on any atom is -0.444 e. The number of amides is 5. The summed E-state index contributed by atoms with van der Waals surface area (Å²) in [4.78, 5) is 59.3.